The Morgan fingerprint density at radius 3 is 2.48 bits per heavy atom. The molecule has 12 heteroatoms. The number of likely N-dealkylation sites (tertiary alicyclic amines) is 2. The molecule has 3 aliphatic heterocycles. The van der Waals surface area contributed by atoms with Crippen molar-refractivity contribution in [2.24, 2.45) is 5.41 Å². The second kappa shape index (κ2) is 10.8. The molecule has 5 aliphatic rings. The lowest BCUT2D eigenvalue weighted by atomic mass is 9.73. The Balaban J connectivity index is 1.10. The van der Waals surface area contributed by atoms with Crippen LogP contribution in [0.1, 0.15) is 78.2 Å². The van der Waals surface area contributed by atoms with Gasteiger partial charge in [0, 0.05) is 55.9 Å². The van der Waals surface area contributed by atoms with Crippen LogP contribution in [0.4, 0.5) is 19.3 Å². The topological polar surface area (TPSA) is 83.8 Å². The third-order valence-electron chi connectivity index (χ3n) is 11.6. The molecule has 1 unspecified atom stereocenters. The molecule has 1 aromatic carbocycles. The van der Waals surface area contributed by atoms with Gasteiger partial charge in [-0.15, -0.1) is 0 Å². The summed E-state index contributed by atoms with van der Waals surface area (Å²) in [4.78, 5) is 42.9. The van der Waals surface area contributed by atoms with Gasteiger partial charge in [-0.3, -0.25) is 9.69 Å². The largest absolute Gasteiger partial charge is 0.444 e. The summed E-state index contributed by atoms with van der Waals surface area (Å²) >= 11 is 6.69. The number of benzene rings is 1. The van der Waals surface area contributed by atoms with Crippen LogP contribution in [0.3, 0.4) is 0 Å². The summed E-state index contributed by atoms with van der Waals surface area (Å²) in [6, 6.07) is 8.20. The van der Waals surface area contributed by atoms with E-state index in [9.17, 15) is 18.4 Å². The molecule has 4 fully saturated rings. The fourth-order valence-electron chi connectivity index (χ4n) is 8.80. The molecule has 2 amide bonds. The maximum absolute atomic E-state index is 14.7. The highest BCUT2D eigenvalue weighted by atomic mass is 35.5. The van der Waals surface area contributed by atoms with E-state index in [0.29, 0.717) is 49.7 Å². The first-order valence-electron chi connectivity index (χ1n) is 17.3. The third kappa shape index (κ3) is 4.93. The summed E-state index contributed by atoms with van der Waals surface area (Å²) in [5, 5.41) is 0.378. The Morgan fingerprint density at radius 1 is 1.08 bits per heavy atom. The van der Waals surface area contributed by atoms with Gasteiger partial charge in [0.05, 0.1) is 28.4 Å². The molecule has 2 saturated carbocycles. The number of imidazole rings is 1. The zero-order valence-corrected chi connectivity index (χ0v) is 28.8. The van der Waals surface area contributed by atoms with Crippen molar-refractivity contribution < 1.29 is 23.1 Å². The summed E-state index contributed by atoms with van der Waals surface area (Å²) in [5.41, 5.74) is 2.71. The van der Waals surface area contributed by atoms with Gasteiger partial charge in [0.25, 0.3) is 5.92 Å². The Morgan fingerprint density at radius 2 is 1.81 bits per heavy atom. The zero-order valence-electron chi connectivity index (χ0n) is 28.1. The van der Waals surface area contributed by atoms with Gasteiger partial charge < -0.3 is 19.1 Å². The van der Waals surface area contributed by atoms with Crippen LogP contribution in [-0.4, -0.2) is 86.1 Å². The number of alkyl halides is 2. The van der Waals surface area contributed by atoms with Crippen LogP contribution in [0.5, 0.6) is 0 Å². The molecule has 8 rings (SSSR count). The Kier molecular flexibility index (Phi) is 7.21. The Labute approximate surface area is 284 Å². The number of aryl methyl sites for hydroxylation is 1. The summed E-state index contributed by atoms with van der Waals surface area (Å²) in [5.74, 6) is -2.49. The number of carbonyl (C=O) groups is 2. The van der Waals surface area contributed by atoms with Crippen LogP contribution < -0.4 is 4.90 Å². The van der Waals surface area contributed by atoms with Gasteiger partial charge in [-0.05, 0) is 90.5 Å². The third-order valence-corrected chi connectivity index (χ3v) is 11.9. The van der Waals surface area contributed by atoms with E-state index in [4.69, 9.17) is 21.3 Å². The lowest BCUT2D eigenvalue weighted by Crippen LogP contribution is -2.59. The number of piperidine rings is 2. The number of amides is 2. The fourth-order valence-corrected chi connectivity index (χ4v) is 9.10. The highest BCUT2D eigenvalue weighted by molar-refractivity contribution is 6.34. The maximum atomic E-state index is 14.7. The van der Waals surface area contributed by atoms with Crippen molar-refractivity contribution in [3.63, 3.8) is 0 Å². The molecule has 2 spiro atoms. The maximum Gasteiger partial charge on any atom is 0.410 e. The smallest absolute Gasteiger partial charge is 0.410 e. The van der Waals surface area contributed by atoms with Crippen molar-refractivity contribution in [2.45, 2.75) is 108 Å². The highest BCUT2D eigenvalue weighted by Gasteiger charge is 2.71. The van der Waals surface area contributed by atoms with Crippen molar-refractivity contribution in [3.05, 3.63) is 41.3 Å². The van der Waals surface area contributed by atoms with Gasteiger partial charge in [0.15, 0.2) is 5.15 Å². The number of carbonyl (C=O) groups excluding carboxylic acids is 2. The zero-order chi connectivity index (χ0) is 33.8. The second-order valence-electron chi connectivity index (χ2n) is 15.7. The molecule has 9 nitrogen and oxygen atoms in total. The molecule has 1 atom stereocenters. The monoisotopic (exact) mass is 680 g/mol. The van der Waals surface area contributed by atoms with E-state index < -0.39 is 22.4 Å². The highest BCUT2D eigenvalue weighted by Crippen LogP contribution is 2.65. The average Bonchev–Trinajstić information content (AvgIpc) is 3.27. The number of hydrogen-bond acceptors (Lipinski definition) is 6. The first-order valence-corrected chi connectivity index (χ1v) is 17.7. The minimum atomic E-state index is -2.55. The quantitative estimate of drug-likeness (QED) is 0.275. The number of halogens is 3. The first-order chi connectivity index (χ1) is 22.7. The number of hydrogen-bond donors (Lipinski definition) is 0. The number of nitrogens with zero attached hydrogens (tertiary/aromatic N) is 6. The second-order valence-corrected chi connectivity index (χ2v) is 16.0. The molecule has 3 aromatic rings. The van der Waals surface area contributed by atoms with Crippen molar-refractivity contribution in [2.75, 3.05) is 31.1 Å². The summed E-state index contributed by atoms with van der Waals surface area (Å²) in [7, 11) is 0. The normalized spacial score (nSPS) is 27.9. The van der Waals surface area contributed by atoms with E-state index in [1.165, 1.54) is 0 Å². The van der Waals surface area contributed by atoms with Crippen LogP contribution >= 0.6 is 11.6 Å². The summed E-state index contributed by atoms with van der Waals surface area (Å²) in [6.07, 6.45) is 5.29. The number of anilines is 1. The van der Waals surface area contributed by atoms with Gasteiger partial charge in [0.2, 0.25) is 5.91 Å². The molecule has 0 bridgehead atoms. The standard InChI is InChI=1S/C36H43ClF2N6O3/c1-5-42-21-40-27-18-26(41-30(37)29(27)42)22-7-8-25-28(15-22)45(24-16-23(17-24)44-12-6-9-34(20-44)19-36(34,38)39)31(46)35(25)10-13-43(14-11-35)32(47)48-33(2,3)4/h7-8,15,18,21,23-24H,5-6,9-14,16-17,19-20H2,1-4H3/t23-,24+,34?. The van der Waals surface area contributed by atoms with Gasteiger partial charge >= 0.3 is 6.09 Å². The van der Waals surface area contributed by atoms with Gasteiger partial charge in [-0.2, -0.15) is 0 Å². The first kappa shape index (κ1) is 31.9. The van der Waals surface area contributed by atoms with Gasteiger partial charge in [-0.25, -0.2) is 23.5 Å². The Hall–Kier alpha value is -3.31. The van der Waals surface area contributed by atoms with Crippen LogP contribution in [0.25, 0.3) is 22.3 Å². The minimum Gasteiger partial charge on any atom is -0.444 e. The number of ether oxygens (including phenoxy) is 1. The summed E-state index contributed by atoms with van der Waals surface area (Å²) < 4.78 is 36.2. The van der Waals surface area contributed by atoms with E-state index in [2.05, 4.69) is 22.0 Å². The fraction of sp³-hybridized carbons (Fsp3) is 0.611. The predicted octanol–water partition coefficient (Wildman–Crippen LogP) is 7.04. The van der Waals surface area contributed by atoms with Gasteiger partial charge in [0.1, 0.15) is 11.1 Å². The molecule has 2 aliphatic carbocycles. The van der Waals surface area contributed by atoms with E-state index >= 15 is 0 Å². The summed E-state index contributed by atoms with van der Waals surface area (Å²) in [6.45, 7) is 10.4. The molecule has 2 saturated heterocycles. The van der Waals surface area contributed by atoms with Crippen molar-refractivity contribution in [1.29, 1.82) is 0 Å². The molecule has 0 N–H and O–H groups in total. The van der Waals surface area contributed by atoms with E-state index in [-0.39, 0.29) is 30.5 Å². The van der Waals surface area contributed by atoms with Crippen LogP contribution in [0.15, 0.2) is 30.6 Å². The number of fused-ring (bicyclic) bond motifs is 3. The van der Waals surface area contributed by atoms with E-state index in [0.717, 1.165) is 60.2 Å². The number of rotatable bonds is 4. The Bertz CT molecular complexity index is 1810. The number of pyridine rings is 1. The predicted molar refractivity (Wildman–Crippen MR) is 179 cm³/mol. The van der Waals surface area contributed by atoms with Crippen molar-refractivity contribution >= 4 is 40.3 Å². The molecule has 2 aromatic heterocycles. The lowest BCUT2D eigenvalue weighted by molar-refractivity contribution is -0.126. The molecule has 256 valence electrons. The van der Waals surface area contributed by atoms with E-state index in [1.54, 1.807) is 11.2 Å². The van der Waals surface area contributed by atoms with Crippen molar-refractivity contribution in [1.82, 2.24) is 24.3 Å². The van der Waals surface area contributed by atoms with Crippen LogP contribution in [0, 0.1) is 5.41 Å². The molecule has 5 heterocycles. The van der Waals surface area contributed by atoms with Crippen LogP contribution in [0.2, 0.25) is 5.15 Å². The van der Waals surface area contributed by atoms with E-state index in [1.807, 2.05) is 49.3 Å². The molecule has 0 radical (unpaired) electrons. The number of aromatic nitrogens is 3. The molecular weight excluding hydrogens is 638 g/mol. The lowest BCUT2D eigenvalue weighted by Gasteiger charge is -2.49. The average molecular weight is 681 g/mol. The van der Waals surface area contributed by atoms with Crippen LogP contribution in [-0.2, 0) is 21.5 Å². The van der Waals surface area contributed by atoms with Gasteiger partial charge in [-0.1, -0.05) is 23.7 Å². The molecular formula is C36H43ClF2N6O3. The SMILES string of the molecule is CCn1cnc2cc(-c3ccc4c(c3)N([C@H]3C[C@@H](N5CCCC6(C5)CC6(F)F)C3)C(=O)C43CCN(C(=O)OC(C)(C)C)CC3)nc(Cl)c21. The molecule has 48 heavy (non-hydrogen) atoms. The van der Waals surface area contributed by atoms with Crippen molar-refractivity contribution in [3.8, 4) is 11.3 Å². The minimum absolute atomic E-state index is 0.00121.